The minimum Gasteiger partial charge on any atom is -0.493 e. The fourth-order valence-electron chi connectivity index (χ4n) is 2.81. The van der Waals surface area contributed by atoms with Gasteiger partial charge in [-0.1, -0.05) is 24.3 Å². The van der Waals surface area contributed by atoms with E-state index in [1.165, 1.54) is 0 Å². The highest BCUT2D eigenvalue weighted by Gasteiger charge is 2.20. The second-order valence-corrected chi connectivity index (χ2v) is 6.13. The molecule has 1 aliphatic rings. The highest BCUT2D eigenvalue weighted by molar-refractivity contribution is 9.10. The Hall–Kier alpha value is -1.59. The van der Waals surface area contributed by atoms with E-state index in [9.17, 15) is 4.79 Å². The summed E-state index contributed by atoms with van der Waals surface area (Å²) >= 11 is 3.59. The molecule has 1 fully saturated rings. The number of rotatable bonds is 4. The van der Waals surface area contributed by atoms with Crippen molar-refractivity contribution in [2.45, 2.75) is 25.9 Å². The van der Waals surface area contributed by atoms with Crippen molar-refractivity contribution in [3.8, 4) is 5.75 Å². The van der Waals surface area contributed by atoms with Gasteiger partial charge in [0.05, 0.1) is 22.8 Å². The predicted molar refractivity (Wildman–Crippen MR) is 91.3 cm³/mol. The SMILES string of the molecule is CCOc1cc(C(=O)NC2CCCN2)c2ccccc2c1Br. The Balaban J connectivity index is 2.02. The summed E-state index contributed by atoms with van der Waals surface area (Å²) in [6.45, 7) is 3.45. The molecular weight excluding hydrogens is 344 g/mol. The van der Waals surface area contributed by atoms with Gasteiger partial charge in [-0.25, -0.2) is 0 Å². The molecule has 2 aromatic rings. The van der Waals surface area contributed by atoms with Crippen molar-refractivity contribution >= 4 is 32.6 Å². The summed E-state index contributed by atoms with van der Waals surface area (Å²) in [5.41, 5.74) is 0.649. The topological polar surface area (TPSA) is 50.4 Å². The van der Waals surface area contributed by atoms with Gasteiger partial charge in [0.1, 0.15) is 5.75 Å². The maximum atomic E-state index is 12.7. The Kier molecular flexibility index (Phi) is 4.64. The number of carbonyl (C=O) groups is 1. The molecule has 0 bridgehead atoms. The fraction of sp³-hybridized carbons (Fsp3) is 0.353. The first-order chi connectivity index (χ1) is 10.7. The molecule has 2 N–H and O–H groups in total. The highest BCUT2D eigenvalue weighted by Crippen LogP contribution is 2.35. The first kappa shape index (κ1) is 15.3. The van der Waals surface area contributed by atoms with Crippen LogP contribution < -0.4 is 15.4 Å². The van der Waals surface area contributed by atoms with Crippen LogP contribution >= 0.6 is 15.9 Å². The first-order valence-corrected chi connectivity index (χ1v) is 8.38. The molecular formula is C17H19BrN2O2. The molecule has 1 heterocycles. The van der Waals surface area contributed by atoms with Crippen molar-refractivity contribution in [3.05, 3.63) is 40.4 Å². The van der Waals surface area contributed by atoms with Gasteiger partial charge in [-0.2, -0.15) is 0 Å². The van der Waals surface area contributed by atoms with Crippen molar-refractivity contribution < 1.29 is 9.53 Å². The van der Waals surface area contributed by atoms with Crippen LogP contribution in [0.25, 0.3) is 10.8 Å². The molecule has 4 nitrogen and oxygen atoms in total. The average molecular weight is 363 g/mol. The Morgan fingerprint density at radius 3 is 2.86 bits per heavy atom. The van der Waals surface area contributed by atoms with E-state index in [-0.39, 0.29) is 12.1 Å². The quantitative estimate of drug-likeness (QED) is 0.875. The van der Waals surface area contributed by atoms with Gasteiger partial charge in [0.2, 0.25) is 0 Å². The summed E-state index contributed by atoms with van der Waals surface area (Å²) in [7, 11) is 0. The zero-order chi connectivity index (χ0) is 15.5. The van der Waals surface area contributed by atoms with E-state index in [4.69, 9.17) is 4.74 Å². The van der Waals surface area contributed by atoms with Crippen LogP contribution in [0.1, 0.15) is 30.1 Å². The molecule has 0 aromatic heterocycles. The minimum atomic E-state index is -0.0657. The van der Waals surface area contributed by atoms with Gasteiger partial charge in [-0.05, 0) is 53.7 Å². The molecule has 1 amide bonds. The Morgan fingerprint density at radius 2 is 2.18 bits per heavy atom. The smallest absolute Gasteiger partial charge is 0.253 e. The molecule has 5 heteroatoms. The molecule has 0 saturated carbocycles. The Bertz CT molecular complexity index is 696. The number of hydrogen-bond donors (Lipinski definition) is 2. The average Bonchev–Trinajstić information content (AvgIpc) is 3.03. The van der Waals surface area contributed by atoms with E-state index < -0.39 is 0 Å². The Morgan fingerprint density at radius 1 is 1.41 bits per heavy atom. The molecule has 1 unspecified atom stereocenters. The summed E-state index contributed by atoms with van der Waals surface area (Å²) in [6, 6.07) is 9.68. The molecule has 3 rings (SSSR count). The number of benzene rings is 2. The van der Waals surface area contributed by atoms with E-state index in [1.54, 1.807) is 0 Å². The number of halogens is 1. The molecule has 1 atom stereocenters. The summed E-state index contributed by atoms with van der Waals surface area (Å²) in [6.07, 6.45) is 2.12. The number of ether oxygens (including phenoxy) is 1. The third-order valence-corrected chi connectivity index (χ3v) is 4.67. The second-order valence-electron chi connectivity index (χ2n) is 5.34. The zero-order valence-electron chi connectivity index (χ0n) is 12.5. The standard InChI is InChI=1S/C17H19BrN2O2/c1-2-22-14-10-13(17(21)20-15-8-5-9-19-15)11-6-3-4-7-12(11)16(14)18/h3-4,6-7,10,15,19H,2,5,8-9H2,1H3,(H,20,21). The highest BCUT2D eigenvalue weighted by atomic mass is 79.9. The zero-order valence-corrected chi connectivity index (χ0v) is 14.1. The fourth-order valence-corrected chi connectivity index (χ4v) is 3.38. The largest absolute Gasteiger partial charge is 0.493 e. The molecule has 22 heavy (non-hydrogen) atoms. The van der Waals surface area contributed by atoms with Crippen LogP contribution in [0, 0.1) is 0 Å². The van der Waals surface area contributed by atoms with Crippen molar-refractivity contribution in [1.82, 2.24) is 10.6 Å². The summed E-state index contributed by atoms with van der Waals surface area (Å²) in [5, 5.41) is 8.25. The van der Waals surface area contributed by atoms with Crippen LogP contribution in [0.15, 0.2) is 34.8 Å². The van der Waals surface area contributed by atoms with Crippen molar-refractivity contribution in [2.75, 3.05) is 13.2 Å². The third-order valence-electron chi connectivity index (χ3n) is 3.86. The van der Waals surface area contributed by atoms with Crippen LogP contribution in [-0.4, -0.2) is 25.2 Å². The Labute approximate surface area is 138 Å². The van der Waals surface area contributed by atoms with E-state index in [1.807, 2.05) is 37.3 Å². The summed E-state index contributed by atoms with van der Waals surface area (Å²) in [5.74, 6) is 0.634. The molecule has 0 radical (unpaired) electrons. The normalized spacial score (nSPS) is 17.6. The van der Waals surface area contributed by atoms with Crippen LogP contribution in [0.5, 0.6) is 5.75 Å². The lowest BCUT2D eigenvalue weighted by Gasteiger charge is -2.16. The lowest BCUT2D eigenvalue weighted by Crippen LogP contribution is -2.41. The van der Waals surface area contributed by atoms with Gasteiger partial charge in [0, 0.05) is 5.39 Å². The van der Waals surface area contributed by atoms with Crippen molar-refractivity contribution in [1.29, 1.82) is 0 Å². The van der Waals surface area contributed by atoms with Crippen LogP contribution in [-0.2, 0) is 0 Å². The summed E-state index contributed by atoms with van der Waals surface area (Å²) < 4.78 is 6.55. The van der Waals surface area contributed by atoms with Gasteiger partial charge >= 0.3 is 0 Å². The molecule has 0 aliphatic carbocycles. The lowest BCUT2D eigenvalue weighted by atomic mass is 10.0. The third kappa shape index (κ3) is 2.96. The number of hydrogen-bond acceptors (Lipinski definition) is 3. The molecule has 1 aliphatic heterocycles. The van der Waals surface area contributed by atoms with E-state index in [0.29, 0.717) is 17.9 Å². The summed E-state index contributed by atoms with van der Waals surface area (Å²) in [4.78, 5) is 12.7. The molecule has 1 saturated heterocycles. The lowest BCUT2D eigenvalue weighted by molar-refractivity contribution is 0.0935. The second kappa shape index (κ2) is 6.67. The minimum absolute atomic E-state index is 0.0606. The molecule has 0 spiro atoms. The van der Waals surface area contributed by atoms with Gasteiger partial charge in [0.25, 0.3) is 5.91 Å². The number of amides is 1. The van der Waals surface area contributed by atoms with Gasteiger partial charge in [-0.15, -0.1) is 0 Å². The molecule has 116 valence electrons. The van der Waals surface area contributed by atoms with Crippen LogP contribution in [0.2, 0.25) is 0 Å². The van der Waals surface area contributed by atoms with Crippen molar-refractivity contribution in [2.24, 2.45) is 0 Å². The van der Waals surface area contributed by atoms with Crippen molar-refractivity contribution in [3.63, 3.8) is 0 Å². The van der Waals surface area contributed by atoms with Gasteiger partial charge in [-0.3, -0.25) is 10.1 Å². The predicted octanol–water partition coefficient (Wildman–Crippen LogP) is 3.44. The van der Waals surface area contributed by atoms with Gasteiger partial charge < -0.3 is 10.1 Å². The van der Waals surface area contributed by atoms with E-state index >= 15 is 0 Å². The van der Waals surface area contributed by atoms with E-state index in [2.05, 4.69) is 26.6 Å². The number of carbonyl (C=O) groups excluding carboxylic acids is 1. The van der Waals surface area contributed by atoms with Crippen LogP contribution in [0.3, 0.4) is 0 Å². The molecule has 2 aromatic carbocycles. The van der Waals surface area contributed by atoms with Crippen LogP contribution in [0.4, 0.5) is 0 Å². The van der Waals surface area contributed by atoms with E-state index in [0.717, 1.165) is 34.6 Å². The maximum absolute atomic E-state index is 12.7. The first-order valence-electron chi connectivity index (χ1n) is 7.59. The number of fused-ring (bicyclic) bond motifs is 1. The van der Waals surface area contributed by atoms with Gasteiger partial charge in [0.15, 0.2) is 0 Å². The maximum Gasteiger partial charge on any atom is 0.253 e. The monoisotopic (exact) mass is 362 g/mol. The number of nitrogens with one attached hydrogen (secondary N) is 2.